The zero-order valence-electron chi connectivity index (χ0n) is 11.1. The van der Waals surface area contributed by atoms with Crippen LogP contribution in [0.5, 0.6) is 0 Å². The average molecular weight is 301 g/mol. The van der Waals surface area contributed by atoms with Crippen LogP contribution in [0.25, 0.3) is 0 Å². The molecule has 0 saturated heterocycles. The van der Waals surface area contributed by atoms with Crippen LogP contribution in [-0.2, 0) is 17.6 Å². The van der Waals surface area contributed by atoms with E-state index in [0.29, 0.717) is 18.6 Å². The summed E-state index contributed by atoms with van der Waals surface area (Å²) in [7, 11) is 0. The van der Waals surface area contributed by atoms with Crippen LogP contribution in [0, 0.1) is 50.6 Å². The summed E-state index contributed by atoms with van der Waals surface area (Å²) in [5.74, 6) is 0.395. The smallest absolute Gasteiger partial charge is 0.251 e. The predicted octanol–water partition coefficient (Wildman–Crippen LogP) is 2.99. The van der Waals surface area contributed by atoms with Crippen molar-refractivity contribution in [2.45, 2.75) is 19.8 Å². The predicted molar refractivity (Wildman–Crippen MR) is 70.0 cm³/mol. The molecule has 0 spiro atoms. The van der Waals surface area contributed by atoms with Crippen molar-refractivity contribution in [1.82, 2.24) is 5.54 Å². The molecule has 1 heterocycles. The van der Waals surface area contributed by atoms with Crippen molar-refractivity contribution in [1.29, 1.82) is 0 Å². The summed E-state index contributed by atoms with van der Waals surface area (Å²) in [6.45, 7) is 1.84. The summed E-state index contributed by atoms with van der Waals surface area (Å²) in [5.41, 5.74) is 2.23. The Bertz CT molecular complexity index is 542. The summed E-state index contributed by atoms with van der Waals surface area (Å²) in [6, 6.07) is 13.2. The Hall–Kier alpha value is -0.840. The molecule has 1 aromatic carbocycles. The van der Waals surface area contributed by atoms with Gasteiger partial charge in [0.1, 0.15) is 11.5 Å². The van der Waals surface area contributed by atoms with E-state index in [1.54, 1.807) is 0 Å². The van der Waals surface area contributed by atoms with E-state index >= 15 is 0 Å². The molecule has 1 aromatic heterocycles. The summed E-state index contributed by atoms with van der Waals surface area (Å²) in [6.07, 6.45) is 0.870. The number of hydrogen-bond acceptors (Lipinski definition) is 2. The van der Waals surface area contributed by atoms with Crippen molar-refractivity contribution in [3.63, 3.8) is 0 Å². The molecule has 0 aliphatic heterocycles. The fourth-order valence-electron chi connectivity index (χ4n) is 2.07. The van der Waals surface area contributed by atoms with Crippen molar-refractivity contribution in [2.75, 3.05) is 0 Å². The Labute approximate surface area is 147 Å². The average Bonchev–Trinajstić information content (AvgIpc) is 2.84. The zero-order chi connectivity index (χ0) is 13.7. The zero-order valence-corrected chi connectivity index (χ0v) is 11.8. The van der Waals surface area contributed by atoms with Gasteiger partial charge in [-0.1, -0.05) is 30.3 Å². The van der Waals surface area contributed by atoms with Crippen molar-refractivity contribution in [2.24, 2.45) is 5.92 Å². The Kier molecular flexibility index (Phi) is 7.27. The van der Waals surface area contributed by atoms with Gasteiger partial charge in [-0.05, 0) is 31.0 Å². The van der Waals surface area contributed by atoms with Crippen LogP contribution in [0.2, 0.25) is 0 Å². The third kappa shape index (κ3) is 4.93. The molecule has 0 fully saturated rings. The van der Waals surface area contributed by atoms with Gasteiger partial charge >= 0.3 is 0 Å². The number of carbonyl (C=O) groups is 1. The van der Waals surface area contributed by atoms with Gasteiger partial charge in [0.25, 0.3) is 5.91 Å². The van der Waals surface area contributed by atoms with Crippen LogP contribution in [0.4, 0.5) is 4.48 Å². The molecule has 5 heteroatoms. The first kappa shape index (κ1) is 17.2. The van der Waals surface area contributed by atoms with Crippen LogP contribution in [0.1, 0.15) is 17.1 Å². The summed E-state index contributed by atoms with van der Waals surface area (Å²) < 4.78 is 17.9. The Balaban J connectivity index is 0.00000200. The number of halogens is 1. The number of rotatable bonds is 5. The Morgan fingerprint density at radius 1 is 1.20 bits per heavy atom. The molecule has 1 N–H and O–H groups in total. The first-order valence-corrected chi connectivity index (χ1v) is 6.19. The maximum absolute atomic E-state index is 12.4. The van der Waals surface area contributed by atoms with Gasteiger partial charge in [-0.25, -0.2) is 0 Å². The topological polar surface area (TPSA) is 42.2 Å². The Morgan fingerprint density at radius 2 is 1.90 bits per heavy atom. The van der Waals surface area contributed by atoms with E-state index in [2.05, 4.69) is 0 Å². The minimum absolute atomic E-state index is 0. The minimum atomic E-state index is -0.613. The number of carbonyl (C=O) groups excluding carboxylic acids is 1. The molecule has 0 aliphatic carbocycles. The Morgan fingerprint density at radius 3 is 2.45 bits per heavy atom. The number of amides is 1. The quantitative estimate of drug-likeness (QED) is 0.863. The first-order chi connectivity index (χ1) is 9.19. The molecule has 2 aromatic rings. The maximum atomic E-state index is 12.4. The van der Waals surface area contributed by atoms with Gasteiger partial charge in [0.15, 0.2) is 0 Å². The maximum Gasteiger partial charge on any atom is 0.251 e. The fraction of sp³-hybridized carbons (Fsp3) is 0.267. The molecule has 108 valence electrons. The minimum Gasteiger partial charge on any atom is -0.466 e. The van der Waals surface area contributed by atoms with Crippen LogP contribution in [0.15, 0.2) is 46.9 Å². The SMILES string of the molecule is Cc1ccc(C[C@@H](Cc2ccccc2)C(=O)NF)o1.[Ar]. The molecule has 3 nitrogen and oxygen atoms in total. The van der Waals surface area contributed by atoms with Crippen LogP contribution < -0.4 is 5.54 Å². The molecule has 0 radical (unpaired) electrons. The van der Waals surface area contributed by atoms with Gasteiger partial charge in [0.05, 0.1) is 5.92 Å². The molecule has 1 amide bonds. The van der Waals surface area contributed by atoms with Crippen molar-refractivity contribution in [3.05, 3.63) is 59.5 Å². The van der Waals surface area contributed by atoms with E-state index < -0.39 is 11.8 Å². The molecule has 0 bridgehead atoms. The van der Waals surface area contributed by atoms with Crippen LogP contribution in [0.3, 0.4) is 0 Å². The van der Waals surface area contributed by atoms with E-state index in [1.165, 1.54) is 5.54 Å². The largest absolute Gasteiger partial charge is 0.466 e. The number of furan rings is 1. The van der Waals surface area contributed by atoms with E-state index in [1.807, 2.05) is 49.4 Å². The third-order valence-electron chi connectivity index (χ3n) is 3.03. The van der Waals surface area contributed by atoms with E-state index in [4.69, 9.17) is 4.42 Å². The second-order valence-electron chi connectivity index (χ2n) is 4.56. The summed E-state index contributed by atoms with van der Waals surface area (Å²) >= 11 is 0. The monoisotopic (exact) mass is 301 g/mol. The summed E-state index contributed by atoms with van der Waals surface area (Å²) in [5, 5.41) is 0. The van der Waals surface area contributed by atoms with Crippen LogP contribution >= 0.6 is 0 Å². The van der Waals surface area contributed by atoms with Gasteiger partial charge in [0.2, 0.25) is 0 Å². The van der Waals surface area contributed by atoms with Gasteiger partial charge in [-0.3, -0.25) is 4.79 Å². The van der Waals surface area contributed by atoms with Gasteiger partial charge in [-0.15, -0.1) is 4.48 Å². The number of nitrogens with one attached hydrogen (secondary N) is 1. The molecule has 1 atom stereocenters. The number of benzene rings is 1. The fourth-order valence-corrected chi connectivity index (χ4v) is 2.07. The molecule has 0 saturated carbocycles. The number of hydrogen-bond donors (Lipinski definition) is 1. The van der Waals surface area contributed by atoms with Gasteiger partial charge in [-0.2, -0.15) is 5.54 Å². The van der Waals surface area contributed by atoms with Crippen molar-refractivity contribution >= 4 is 5.91 Å². The molecular weight excluding hydrogens is 285 g/mol. The van der Waals surface area contributed by atoms with E-state index in [0.717, 1.165) is 11.3 Å². The molecule has 0 aliphatic rings. The first-order valence-electron chi connectivity index (χ1n) is 6.19. The molecule has 2 rings (SSSR count). The standard InChI is InChI=1S/C15H16FNO2.Ar/c1-11-7-8-14(19-11)10-13(15(18)17-16)9-12-5-3-2-4-6-12;/h2-8,13H,9-10H2,1H3,(H,17,18);/t13-;/m1./s1. The third-order valence-corrected chi connectivity index (χ3v) is 3.03. The molecular formula is C15H16ArFNO2. The van der Waals surface area contributed by atoms with Gasteiger partial charge < -0.3 is 4.42 Å². The normalized spacial score (nSPS) is 11.5. The van der Waals surface area contributed by atoms with Gasteiger partial charge in [0, 0.05) is 44.2 Å². The van der Waals surface area contributed by atoms with Crippen molar-refractivity contribution < 1.29 is 51.4 Å². The second kappa shape index (κ2) is 8.45. The van der Waals surface area contributed by atoms with E-state index in [-0.39, 0.29) is 37.7 Å². The number of aryl methyl sites for hydroxylation is 1. The van der Waals surface area contributed by atoms with E-state index in [9.17, 15) is 9.28 Å². The second-order valence-corrected chi connectivity index (χ2v) is 4.56. The summed E-state index contributed by atoms with van der Waals surface area (Å²) in [4.78, 5) is 11.6. The van der Waals surface area contributed by atoms with Crippen LogP contribution in [-0.4, -0.2) is 5.91 Å². The van der Waals surface area contributed by atoms with Crippen molar-refractivity contribution in [3.8, 4) is 0 Å². The molecule has 20 heavy (non-hydrogen) atoms. The molecule has 0 unspecified atom stereocenters.